The van der Waals surface area contributed by atoms with Gasteiger partial charge in [0.05, 0.1) is 0 Å². The van der Waals surface area contributed by atoms with Gasteiger partial charge in [-0.25, -0.2) is 0 Å². The molecule has 0 fully saturated rings. The van der Waals surface area contributed by atoms with Crippen LogP contribution in [0.2, 0.25) is 0 Å². The van der Waals surface area contributed by atoms with Crippen LogP contribution in [-0.2, 0) is 4.79 Å². The van der Waals surface area contributed by atoms with Gasteiger partial charge in [-0.15, -0.1) is 0 Å². The summed E-state index contributed by atoms with van der Waals surface area (Å²) in [6.07, 6.45) is 2.23. The quantitative estimate of drug-likeness (QED) is 0.713. The smallest absolute Gasteiger partial charge is 0.248 e. The number of hydrogen-bond acceptors (Lipinski definition) is 4. The zero-order valence-corrected chi connectivity index (χ0v) is 10.9. The molecule has 0 aromatic rings. The molecule has 0 saturated carbocycles. The fraction of sp³-hybridized carbons (Fsp3) is 0.750. The third-order valence-corrected chi connectivity index (χ3v) is 3.05. The van der Waals surface area contributed by atoms with E-state index in [2.05, 4.69) is 5.32 Å². The summed E-state index contributed by atoms with van der Waals surface area (Å²) < 4.78 is 0. The largest absolute Gasteiger partial charge is 0.784 e. The molecule has 0 aromatic carbocycles. The number of rotatable bonds is 4. The first-order chi connectivity index (χ1) is 7.73. The molecule has 1 amide bonds. The molecule has 0 unspecified atom stereocenters. The highest BCUT2D eigenvalue weighted by Gasteiger charge is 2.42. The number of hydrogen-bond donors (Lipinski definition) is 2. The van der Waals surface area contributed by atoms with Gasteiger partial charge in [0, 0.05) is 29.8 Å². The number of aliphatic hydroxyl groups excluding tert-OH is 1. The third-order valence-electron chi connectivity index (χ3n) is 3.05. The first kappa shape index (κ1) is 14.2. The first-order valence-corrected chi connectivity index (χ1v) is 5.83. The SMILES string of the molecule is CC1(C)C=C(C(=O)NCCCO)C(C)(C)N1[O-]. The van der Waals surface area contributed by atoms with Gasteiger partial charge in [0.2, 0.25) is 5.91 Å². The summed E-state index contributed by atoms with van der Waals surface area (Å²) in [5, 5.41) is 24.3. The van der Waals surface area contributed by atoms with Crippen LogP contribution in [-0.4, -0.2) is 40.3 Å². The molecule has 17 heavy (non-hydrogen) atoms. The minimum atomic E-state index is -0.813. The second kappa shape index (κ2) is 4.76. The highest BCUT2D eigenvalue weighted by molar-refractivity contribution is 5.96. The lowest BCUT2D eigenvalue weighted by Gasteiger charge is -2.47. The Bertz CT molecular complexity index is 335. The van der Waals surface area contributed by atoms with Crippen LogP contribution in [0.15, 0.2) is 11.6 Å². The van der Waals surface area contributed by atoms with Gasteiger partial charge in [0.1, 0.15) is 0 Å². The molecular formula is C12H21N2O3-. The average Bonchev–Trinajstić information content (AvgIpc) is 2.39. The van der Waals surface area contributed by atoms with Crippen molar-refractivity contribution in [2.75, 3.05) is 13.2 Å². The highest BCUT2D eigenvalue weighted by atomic mass is 16.5. The molecule has 1 heterocycles. The van der Waals surface area contributed by atoms with E-state index in [1.807, 2.05) is 0 Å². The molecule has 0 spiro atoms. The average molecular weight is 241 g/mol. The molecule has 1 aliphatic heterocycles. The maximum absolute atomic E-state index is 12.0. The van der Waals surface area contributed by atoms with E-state index in [9.17, 15) is 10.0 Å². The van der Waals surface area contributed by atoms with Crippen molar-refractivity contribution in [3.63, 3.8) is 0 Å². The summed E-state index contributed by atoms with van der Waals surface area (Å²) >= 11 is 0. The van der Waals surface area contributed by atoms with E-state index >= 15 is 0 Å². The predicted molar refractivity (Wildman–Crippen MR) is 66.2 cm³/mol. The Balaban J connectivity index is 2.79. The molecule has 0 aliphatic carbocycles. The van der Waals surface area contributed by atoms with Crippen molar-refractivity contribution in [3.8, 4) is 0 Å². The number of carbonyl (C=O) groups is 1. The minimum Gasteiger partial charge on any atom is -0.784 e. The van der Waals surface area contributed by atoms with Crippen LogP contribution in [0, 0.1) is 5.21 Å². The predicted octanol–water partition coefficient (Wildman–Crippen LogP) is 0.782. The Morgan fingerprint density at radius 1 is 1.47 bits per heavy atom. The van der Waals surface area contributed by atoms with Crippen molar-refractivity contribution in [3.05, 3.63) is 16.9 Å². The van der Waals surface area contributed by atoms with Crippen LogP contribution in [0.4, 0.5) is 0 Å². The van der Waals surface area contributed by atoms with Gasteiger partial charge >= 0.3 is 0 Å². The van der Waals surface area contributed by atoms with Crippen LogP contribution in [0.25, 0.3) is 0 Å². The fourth-order valence-electron chi connectivity index (χ4n) is 2.14. The van der Waals surface area contributed by atoms with E-state index in [1.54, 1.807) is 33.8 Å². The van der Waals surface area contributed by atoms with Gasteiger partial charge in [-0.2, -0.15) is 0 Å². The van der Waals surface area contributed by atoms with Gasteiger partial charge in [-0.3, -0.25) is 4.79 Å². The Morgan fingerprint density at radius 3 is 2.47 bits per heavy atom. The highest BCUT2D eigenvalue weighted by Crippen LogP contribution is 2.38. The molecule has 0 bridgehead atoms. The molecule has 1 aliphatic rings. The maximum atomic E-state index is 12.0. The van der Waals surface area contributed by atoms with E-state index in [0.717, 1.165) is 5.06 Å². The summed E-state index contributed by atoms with van der Waals surface area (Å²) in [6.45, 7) is 7.52. The van der Waals surface area contributed by atoms with Crippen molar-refractivity contribution >= 4 is 5.91 Å². The van der Waals surface area contributed by atoms with Crippen LogP contribution >= 0.6 is 0 Å². The maximum Gasteiger partial charge on any atom is 0.248 e. The van der Waals surface area contributed by atoms with E-state index in [1.165, 1.54) is 0 Å². The standard InChI is InChI=1S/C12H21N2O3/c1-11(2)8-9(12(3,4)14(11)17)10(16)13-6-5-7-15/h8,15H,5-7H2,1-4H3,(H,13,16)/q-1. The Kier molecular flexibility index (Phi) is 3.96. The third kappa shape index (κ3) is 2.68. The molecular weight excluding hydrogens is 220 g/mol. The molecule has 2 N–H and O–H groups in total. The lowest BCUT2D eigenvalue weighted by Crippen LogP contribution is -2.48. The van der Waals surface area contributed by atoms with Gasteiger partial charge in [-0.05, 0) is 34.1 Å². The molecule has 0 aromatic heterocycles. The van der Waals surface area contributed by atoms with E-state index in [-0.39, 0.29) is 12.5 Å². The normalized spacial score (nSPS) is 22.4. The molecule has 0 radical (unpaired) electrons. The van der Waals surface area contributed by atoms with Crippen molar-refractivity contribution in [2.45, 2.75) is 45.2 Å². The first-order valence-electron chi connectivity index (χ1n) is 5.83. The minimum absolute atomic E-state index is 0.0435. The fourth-order valence-corrected chi connectivity index (χ4v) is 2.14. The van der Waals surface area contributed by atoms with Crippen molar-refractivity contribution in [1.82, 2.24) is 10.4 Å². The molecule has 0 atom stereocenters. The van der Waals surface area contributed by atoms with Gasteiger partial charge in [0.25, 0.3) is 0 Å². The molecule has 5 heteroatoms. The lowest BCUT2D eigenvalue weighted by molar-refractivity contribution is -0.118. The van der Waals surface area contributed by atoms with Crippen LogP contribution in [0.1, 0.15) is 34.1 Å². The van der Waals surface area contributed by atoms with Crippen LogP contribution in [0.5, 0.6) is 0 Å². The summed E-state index contributed by atoms with van der Waals surface area (Å²) in [6, 6.07) is 0. The summed E-state index contributed by atoms with van der Waals surface area (Å²) in [5.74, 6) is -0.227. The van der Waals surface area contributed by atoms with Crippen LogP contribution in [0.3, 0.4) is 0 Å². The second-order valence-electron chi connectivity index (χ2n) is 5.40. The van der Waals surface area contributed by atoms with E-state index < -0.39 is 11.1 Å². The zero-order chi connectivity index (χ0) is 13.3. The van der Waals surface area contributed by atoms with E-state index in [4.69, 9.17) is 5.11 Å². The molecule has 98 valence electrons. The Morgan fingerprint density at radius 2 is 2.06 bits per heavy atom. The molecule has 0 saturated heterocycles. The summed E-state index contributed by atoms with van der Waals surface area (Å²) in [4.78, 5) is 11.9. The number of nitrogens with zero attached hydrogens (tertiary/aromatic N) is 1. The number of carbonyl (C=O) groups excluding carboxylic acids is 1. The lowest BCUT2D eigenvalue weighted by atomic mass is 9.96. The van der Waals surface area contributed by atoms with Crippen molar-refractivity contribution in [2.24, 2.45) is 0 Å². The number of amides is 1. The van der Waals surface area contributed by atoms with Crippen molar-refractivity contribution < 1.29 is 9.90 Å². The monoisotopic (exact) mass is 241 g/mol. The van der Waals surface area contributed by atoms with Crippen LogP contribution < -0.4 is 5.32 Å². The zero-order valence-electron chi connectivity index (χ0n) is 10.9. The van der Waals surface area contributed by atoms with Gasteiger partial charge in [-0.1, -0.05) is 6.08 Å². The molecule has 5 nitrogen and oxygen atoms in total. The van der Waals surface area contributed by atoms with E-state index in [0.29, 0.717) is 18.5 Å². The number of hydroxylamine groups is 2. The summed E-state index contributed by atoms with van der Waals surface area (Å²) in [5.41, 5.74) is -0.976. The van der Waals surface area contributed by atoms with Gasteiger partial charge in [0.15, 0.2) is 0 Å². The van der Waals surface area contributed by atoms with Gasteiger partial charge < -0.3 is 20.7 Å². The van der Waals surface area contributed by atoms with Crippen molar-refractivity contribution in [1.29, 1.82) is 0 Å². The topological polar surface area (TPSA) is 75.6 Å². The molecule has 1 rings (SSSR count). The second-order valence-corrected chi connectivity index (χ2v) is 5.40. The number of nitrogens with one attached hydrogen (secondary N) is 1. The Labute approximate surface area is 102 Å². The number of aliphatic hydroxyl groups is 1. The summed E-state index contributed by atoms with van der Waals surface area (Å²) in [7, 11) is 0. The Hall–Kier alpha value is -0.910.